The summed E-state index contributed by atoms with van der Waals surface area (Å²) in [7, 11) is 1.67. The molecule has 0 bridgehead atoms. The molecule has 0 atom stereocenters. The zero-order valence-corrected chi connectivity index (χ0v) is 21.0. The third-order valence-corrected chi connectivity index (χ3v) is 4.99. The van der Waals surface area contributed by atoms with E-state index in [1.807, 2.05) is 29.2 Å². The van der Waals surface area contributed by atoms with Crippen LogP contribution in [0, 0.1) is 0 Å². The first-order chi connectivity index (χ1) is 15.5. The van der Waals surface area contributed by atoms with E-state index in [4.69, 9.17) is 4.74 Å². The maximum Gasteiger partial charge on any atom is 0.387 e. The molecule has 3 rings (SSSR count). The van der Waals surface area contributed by atoms with E-state index in [1.54, 1.807) is 26.1 Å². The second-order valence-electron chi connectivity index (χ2n) is 7.19. The number of aliphatic imine (C=N–C) groups is 1. The summed E-state index contributed by atoms with van der Waals surface area (Å²) < 4.78 is 35.0. The highest BCUT2D eigenvalue weighted by molar-refractivity contribution is 14.0. The number of alkyl halides is 2. The van der Waals surface area contributed by atoms with Gasteiger partial charge >= 0.3 is 6.61 Å². The summed E-state index contributed by atoms with van der Waals surface area (Å²) in [6.07, 6.45) is 1.51. The van der Waals surface area contributed by atoms with Gasteiger partial charge in [-0.15, -0.1) is 24.0 Å². The minimum atomic E-state index is -2.91. The summed E-state index contributed by atoms with van der Waals surface area (Å²) in [5, 5.41) is 6.42. The van der Waals surface area contributed by atoms with Crippen molar-refractivity contribution in [1.82, 2.24) is 10.6 Å². The lowest BCUT2D eigenvalue weighted by Crippen LogP contribution is -2.36. The largest absolute Gasteiger partial charge is 0.490 e. The van der Waals surface area contributed by atoms with E-state index in [0.717, 1.165) is 29.8 Å². The predicted molar refractivity (Wildman–Crippen MR) is 135 cm³/mol. The summed E-state index contributed by atoms with van der Waals surface area (Å²) in [5.74, 6) is 1.04. The molecule has 0 aromatic heterocycles. The second kappa shape index (κ2) is 13.2. The Hall–Kier alpha value is -2.63. The lowest BCUT2D eigenvalue weighted by Gasteiger charge is -2.17. The van der Waals surface area contributed by atoms with Crippen molar-refractivity contribution in [1.29, 1.82) is 0 Å². The number of carbonyl (C=O) groups is 1. The highest BCUT2D eigenvalue weighted by Gasteiger charge is 2.21. The molecule has 2 N–H and O–H groups in total. The molecule has 2 aromatic carbocycles. The van der Waals surface area contributed by atoms with Crippen LogP contribution in [0.5, 0.6) is 11.5 Å². The SMILES string of the molecule is CCOc1cc(CNC(=NC)NCc2ccc(N3CCCC3=O)cc2)ccc1OC(F)F.I. The number of hydrogen-bond acceptors (Lipinski definition) is 4. The van der Waals surface area contributed by atoms with Crippen LogP contribution in [-0.2, 0) is 17.9 Å². The van der Waals surface area contributed by atoms with Crippen molar-refractivity contribution in [3.05, 3.63) is 53.6 Å². The molecule has 0 aliphatic carbocycles. The van der Waals surface area contributed by atoms with Gasteiger partial charge in [0.15, 0.2) is 17.5 Å². The topological polar surface area (TPSA) is 75.2 Å². The van der Waals surface area contributed by atoms with Crippen LogP contribution in [0.2, 0.25) is 0 Å². The average molecular weight is 574 g/mol. The van der Waals surface area contributed by atoms with E-state index in [-0.39, 0.29) is 41.4 Å². The van der Waals surface area contributed by atoms with E-state index < -0.39 is 6.61 Å². The Morgan fingerprint density at radius 3 is 2.33 bits per heavy atom. The number of halogens is 3. The molecule has 33 heavy (non-hydrogen) atoms. The maximum absolute atomic E-state index is 12.6. The van der Waals surface area contributed by atoms with Crippen molar-refractivity contribution >= 4 is 41.5 Å². The van der Waals surface area contributed by atoms with Crippen molar-refractivity contribution in [2.24, 2.45) is 4.99 Å². The molecule has 0 saturated carbocycles. The lowest BCUT2D eigenvalue weighted by molar-refractivity contribution is -0.117. The van der Waals surface area contributed by atoms with Crippen molar-refractivity contribution in [3.8, 4) is 11.5 Å². The molecule has 7 nitrogen and oxygen atoms in total. The average Bonchev–Trinajstić information content (AvgIpc) is 3.21. The Kier molecular flexibility index (Phi) is 10.6. The number of benzene rings is 2. The standard InChI is InChI=1S/C23H28F2N4O3.HI/c1-3-31-20-13-17(8-11-19(20)32-22(24)25)15-28-23(26-2)27-14-16-6-9-18(10-7-16)29-12-4-5-21(29)30;/h6-11,13,22H,3-5,12,14-15H2,1-2H3,(H2,26,27,28);1H. The van der Waals surface area contributed by atoms with E-state index >= 15 is 0 Å². The molecular formula is C23H29F2IN4O3. The van der Waals surface area contributed by atoms with E-state index in [2.05, 4.69) is 20.4 Å². The molecule has 1 aliphatic heterocycles. The van der Waals surface area contributed by atoms with Gasteiger partial charge in [0.1, 0.15) is 0 Å². The summed E-state index contributed by atoms with van der Waals surface area (Å²) in [5.41, 5.74) is 2.80. The number of anilines is 1. The van der Waals surface area contributed by atoms with Crippen LogP contribution in [-0.4, -0.2) is 38.7 Å². The summed E-state index contributed by atoms with van der Waals surface area (Å²) in [6, 6.07) is 12.7. The number of carbonyl (C=O) groups excluding carboxylic acids is 1. The van der Waals surface area contributed by atoms with Crippen molar-refractivity contribution in [2.45, 2.75) is 39.5 Å². The molecule has 10 heteroatoms. The highest BCUT2D eigenvalue weighted by atomic mass is 127. The first-order valence-corrected chi connectivity index (χ1v) is 10.5. The molecule has 0 radical (unpaired) electrons. The Labute approximate surface area is 209 Å². The van der Waals surface area contributed by atoms with Crippen LogP contribution in [0.4, 0.5) is 14.5 Å². The first kappa shape index (κ1) is 26.6. The fourth-order valence-corrected chi connectivity index (χ4v) is 3.43. The van der Waals surface area contributed by atoms with Gasteiger partial charge in [-0.25, -0.2) is 0 Å². The van der Waals surface area contributed by atoms with Gasteiger partial charge in [0.05, 0.1) is 6.61 Å². The molecule has 1 saturated heterocycles. The molecular weight excluding hydrogens is 545 g/mol. The predicted octanol–water partition coefficient (Wildman–Crippen LogP) is 4.30. The van der Waals surface area contributed by atoms with E-state index in [9.17, 15) is 13.6 Å². The fraction of sp³-hybridized carbons (Fsp3) is 0.391. The van der Waals surface area contributed by atoms with Gasteiger partial charge in [0.2, 0.25) is 5.91 Å². The third kappa shape index (κ3) is 7.72. The van der Waals surface area contributed by atoms with Crippen LogP contribution >= 0.6 is 24.0 Å². The summed E-state index contributed by atoms with van der Waals surface area (Å²) in [6.45, 7) is 0.950. The zero-order valence-electron chi connectivity index (χ0n) is 18.6. The van der Waals surface area contributed by atoms with Crippen LogP contribution in [0.15, 0.2) is 47.5 Å². The molecule has 1 aliphatic rings. The van der Waals surface area contributed by atoms with Gasteiger partial charge in [-0.1, -0.05) is 18.2 Å². The van der Waals surface area contributed by atoms with Crippen LogP contribution in [0.1, 0.15) is 30.9 Å². The molecule has 0 unspecified atom stereocenters. The second-order valence-corrected chi connectivity index (χ2v) is 7.19. The van der Waals surface area contributed by atoms with Crippen molar-refractivity contribution in [2.75, 3.05) is 25.1 Å². The van der Waals surface area contributed by atoms with Crippen LogP contribution in [0.25, 0.3) is 0 Å². The molecule has 0 spiro atoms. The van der Waals surface area contributed by atoms with Gasteiger partial charge in [-0.2, -0.15) is 8.78 Å². The number of nitrogens with one attached hydrogen (secondary N) is 2. The molecule has 1 heterocycles. The monoisotopic (exact) mass is 574 g/mol. The van der Waals surface area contributed by atoms with Gasteiger partial charge in [0, 0.05) is 38.8 Å². The number of nitrogens with zero attached hydrogens (tertiary/aromatic N) is 2. The number of hydrogen-bond donors (Lipinski definition) is 2. The number of ether oxygens (including phenoxy) is 2. The highest BCUT2D eigenvalue weighted by Crippen LogP contribution is 2.30. The number of rotatable bonds is 9. The number of guanidine groups is 1. The normalized spacial score (nSPS) is 13.7. The molecule has 1 amide bonds. The molecule has 2 aromatic rings. The summed E-state index contributed by atoms with van der Waals surface area (Å²) in [4.78, 5) is 17.9. The lowest BCUT2D eigenvalue weighted by atomic mass is 10.2. The van der Waals surface area contributed by atoms with Gasteiger partial charge in [-0.3, -0.25) is 9.79 Å². The summed E-state index contributed by atoms with van der Waals surface area (Å²) >= 11 is 0. The Morgan fingerprint density at radius 1 is 1.09 bits per heavy atom. The van der Waals surface area contributed by atoms with Crippen molar-refractivity contribution in [3.63, 3.8) is 0 Å². The fourth-order valence-electron chi connectivity index (χ4n) is 3.43. The van der Waals surface area contributed by atoms with Gasteiger partial charge < -0.3 is 25.0 Å². The van der Waals surface area contributed by atoms with Crippen LogP contribution in [0.3, 0.4) is 0 Å². The van der Waals surface area contributed by atoms with Gasteiger partial charge in [-0.05, 0) is 48.7 Å². The smallest absolute Gasteiger partial charge is 0.387 e. The molecule has 180 valence electrons. The quantitative estimate of drug-likeness (QED) is 0.266. The van der Waals surface area contributed by atoms with E-state index in [0.29, 0.717) is 32.1 Å². The van der Waals surface area contributed by atoms with E-state index in [1.165, 1.54) is 6.07 Å². The zero-order chi connectivity index (χ0) is 22.9. The molecule has 1 fully saturated rings. The first-order valence-electron chi connectivity index (χ1n) is 10.5. The minimum absolute atomic E-state index is 0. The van der Waals surface area contributed by atoms with Gasteiger partial charge in [0.25, 0.3) is 0 Å². The van der Waals surface area contributed by atoms with Crippen molar-refractivity contribution < 1.29 is 23.0 Å². The Balaban J connectivity index is 0.00000385. The maximum atomic E-state index is 12.6. The third-order valence-electron chi connectivity index (χ3n) is 4.99. The van der Waals surface area contributed by atoms with Crippen LogP contribution < -0.4 is 25.0 Å². The Morgan fingerprint density at radius 2 is 1.76 bits per heavy atom. The Bertz CT molecular complexity index is 942. The number of amides is 1. The minimum Gasteiger partial charge on any atom is -0.490 e.